The molecule has 132 valence electrons. The van der Waals surface area contributed by atoms with Gasteiger partial charge in [0.25, 0.3) is 5.91 Å². The molecular weight excluding hydrogens is 348 g/mol. The van der Waals surface area contributed by atoms with E-state index in [9.17, 15) is 13.2 Å². The maximum absolute atomic E-state index is 12.3. The van der Waals surface area contributed by atoms with Crippen molar-refractivity contribution in [1.29, 1.82) is 0 Å². The smallest absolute Gasteiger partial charge is 0.252 e. The zero-order chi connectivity index (χ0) is 17.7. The molecule has 0 fully saturated rings. The van der Waals surface area contributed by atoms with Crippen molar-refractivity contribution in [3.05, 3.63) is 40.4 Å². The predicted octanol–water partition coefficient (Wildman–Crippen LogP) is 3.36. The van der Waals surface area contributed by atoms with Gasteiger partial charge in [-0.25, -0.2) is 8.42 Å². The summed E-state index contributed by atoms with van der Waals surface area (Å²) in [5.74, 6) is -0.292. The van der Waals surface area contributed by atoms with E-state index in [0.29, 0.717) is 17.3 Å². The van der Waals surface area contributed by atoms with Crippen molar-refractivity contribution >= 4 is 33.2 Å². The number of hydrogen-bond acceptors (Lipinski definition) is 3. The number of hydrogen-bond donors (Lipinski definition) is 1. The van der Waals surface area contributed by atoms with Crippen LogP contribution in [-0.2, 0) is 10.0 Å². The molecule has 0 unspecified atom stereocenters. The maximum Gasteiger partial charge on any atom is 0.252 e. The SMILES string of the molecule is CN(c1ccc(Cl)c(C(=O)NCCC2=CCCCC2)c1)S(C)(=O)=O. The van der Waals surface area contributed by atoms with E-state index < -0.39 is 10.0 Å². The lowest BCUT2D eigenvalue weighted by molar-refractivity contribution is 0.0954. The Morgan fingerprint density at radius 1 is 1.33 bits per heavy atom. The van der Waals surface area contributed by atoms with Crippen molar-refractivity contribution < 1.29 is 13.2 Å². The number of carbonyl (C=O) groups excluding carboxylic acids is 1. The Morgan fingerprint density at radius 2 is 2.08 bits per heavy atom. The summed E-state index contributed by atoms with van der Waals surface area (Å²) >= 11 is 6.10. The molecule has 0 atom stereocenters. The van der Waals surface area contributed by atoms with E-state index in [2.05, 4.69) is 11.4 Å². The van der Waals surface area contributed by atoms with Crippen molar-refractivity contribution in [2.75, 3.05) is 24.2 Å². The van der Waals surface area contributed by atoms with Gasteiger partial charge in [0.05, 0.1) is 22.5 Å². The first-order valence-electron chi connectivity index (χ1n) is 7.98. The van der Waals surface area contributed by atoms with Crippen LogP contribution in [0.25, 0.3) is 0 Å². The molecular formula is C17H23ClN2O3S. The average Bonchev–Trinajstić information content (AvgIpc) is 2.54. The minimum atomic E-state index is -3.39. The van der Waals surface area contributed by atoms with Crippen LogP contribution in [0.15, 0.2) is 29.8 Å². The molecule has 2 rings (SSSR count). The number of anilines is 1. The lowest BCUT2D eigenvalue weighted by Gasteiger charge is -2.18. The fourth-order valence-corrected chi connectivity index (χ4v) is 3.34. The van der Waals surface area contributed by atoms with E-state index in [-0.39, 0.29) is 11.5 Å². The Balaban J connectivity index is 2.04. The summed E-state index contributed by atoms with van der Waals surface area (Å²) < 4.78 is 24.4. The summed E-state index contributed by atoms with van der Waals surface area (Å²) in [7, 11) is -1.95. The van der Waals surface area contributed by atoms with Crippen LogP contribution < -0.4 is 9.62 Å². The van der Waals surface area contributed by atoms with Crippen LogP contribution in [0.3, 0.4) is 0 Å². The molecule has 0 aromatic heterocycles. The molecule has 24 heavy (non-hydrogen) atoms. The Morgan fingerprint density at radius 3 is 2.71 bits per heavy atom. The molecule has 5 nitrogen and oxygen atoms in total. The van der Waals surface area contributed by atoms with Crippen molar-refractivity contribution in [2.45, 2.75) is 32.1 Å². The van der Waals surface area contributed by atoms with Gasteiger partial charge >= 0.3 is 0 Å². The van der Waals surface area contributed by atoms with E-state index in [1.54, 1.807) is 6.07 Å². The molecule has 1 aromatic carbocycles. The lowest BCUT2D eigenvalue weighted by Crippen LogP contribution is -2.27. The Kier molecular flexibility index (Phi) is 6.29. The van der Waals surface area contributed by atoms with Gasteiger partial charge in [-0.05, 0) is 50.3 Å². The summed E-state index contributed by atoms with van der Waals surface area (Å²) in [4.78, 5) is 12.3. The number of rotatable bonds is 6. The Hall–Kier alpha value is -1.53. The molecule has 1 aliphatic carbocycles. The van der Waals surface area contributed by atoms with Crippen LogP contribution in [0.2, 0.25) is 5.02 Å². The van der Waals surface area contributed by atoms with Crippen LogP contribution >= 0.6 is 11.6 Å². The molecule has 0 aliphatic heterocycles. The molecule has 0 spiro atoms. The molecule has 0 saturated carbocycles. The number of nitrogens with one attached hydrogen (secondary N) is 1. The van der Waals surface area contributed by atoms with Gasteiger partial charge in [-0.3, -0.25) is 9.10 Å². The largest absolute Gasteiger partial charge is 0.352 e. The first kappa shape index (κ1) is 18.8. The van der Waals surface area contributed by atoms with Gasteiger partial charge in [0, 0.05) is 13.6 Å². The van der Waals surface area contributed by atoms with Gasteiger partial charge < -0.3 is 5.32 Å². The monoisotopic (exact) mass is 370 g/mol. The predicted molar refractivity (Wildman–Crippen MR) is 98.2 cm³/mol. The fourth-order valence-electron chi connectivity index (χ4n) is 2.64. The third kappa shape index (κ3) is 4.98. The molecule has 0 heterocycles. The van der Waals surface area contributed by atoms with E-state index in [1.807, 2.05) is 0 Å². The first-order chi connectivity index (χ1) is 11.3. The fraction of sp³-hybridized carbons (Fsp3) is 0.471. The average molecular weight is 371 g/mol. The van der Waals surface area contributed by atoms with Gasteiger partial charge in [0.15, 0.2) is 0 Å². The summed E-state index contributed by atoms with van der Waals surface area (Å²) in [6, 6.07) is 4.61. The quantitative estimate of drug-likeness (QED) is 0.781. The van der Waals surface area contributed by atoms with Crippen molar-refractivity contribution in [3.8, 4) is 0 Å². The highest BCUT2D eigenvalue weighted by molar-refractivity contribution is 7.92. The standard InChI is InChI=1S/C17H23ClN2O3S/c1-20(24(2,22)23)14-8-9-16(18)15(12-14)17(21)19-11-10-13-6-4-3-5-7-13/h6,8-9,12H,3-5,7,10-11H2,1-2H3,(H,19,21). The van der Waals surface area contributed by atoms with Crippen molar-refractivity contribution in [3.63, 3.8) is 0 Å². The summed E-state index contributed by atoms with van der Waals surface area (Å²) in [5.41, 5.74) is 2.07. The van der Waals surface area contributed by atoms with E-state index in [1.165, 1.54) is 37.6 Å². The molecule has 1 aromatic rings. The third-order valence-corrected chi connectivity index (χ3v) is 5.71. The second-order valence-electron chi connectivity index (χ2n) is 6.01. The van der Waals surface area contributed by atoms with Crippen LogP contribution in [0, 0.1) is 0 Å². The molecule has 1 amide bonds. The number of halogens is 1. The first-order valence-corrected chi connectivity index (χ1v) is 10.2. The number of allylic oxidation sites excluding steroid dienone is 1. The van der Waals surface area contributed by atoms with Crippen LogP contribution in [0.4, 0.5) is 5.69 Å². The number of nitrogens with zero attached hydrogens (tertiary/aromatic N) is 1. The van der Waals surface area contributed by atoms with E-state index in [4.69, 9.17) is 11.6 Å². The van der Waals surface area contributed by atoms with Gasteiger partial charge in [0.2, 0.25) is 10.0 Å². The van der Waals surface area contributed by atoms with Crippen LogP contribution in [-0.4, -0.2) is 34.2 Å². The van der Waals surface area contributed by atoms with E-state index in [0.717, 1.165) is 29.8 Å². The van der Waals surface area contributed by atoms with Crippen LogP contribution in [0.5, 0.6) is 0 Å². The summed E-state index contributed by atoms with van der Waals surface area (Å²) in [6.45, 7) is 0.549. The molecule has 7 heteroatoms. The third-order valence-electron chi connectivity index (χ3n) is 4.17. The number of benzene rings is 1. The lowest BCUT2D eigenvalue weighted by atomic mass is 9.97. The summed E-state index contributed by atoms with van der Waals surface area (Å²) in [5, 5.41) is 3.16. The van der Waals surface area contributed by atoms with Gasteiger partial charge in [-0.15, -0.1) is 0 Å². The maximum atomic E-state index is 12.3. The normalized spacial score (nSPS) is 14.9. The second-order valence-corrected chi connectivity index (χ2v) is 8.43. The molecule has 0 saturated heterocycles. The highest BCUT2D eigenvalue weighted by Gasteiger charge is 2.17. The number of amides is 1. The zero-order valence-electron chi connectivity index (χ0n) is 14.0. The second kappa shape index (κ2) is 8.03. The van der Waals surface area contributed by atoms with Crippen molar-refractivity contribution in [2.24, 2.45) is 0 Å². The highest BCUT2D eigenvalue weighted by Crippen LogP contribution is 2.24. The molecule has 1 N–H and O–H groups in total. The van der Waals surface area contributed by atoms with Gasteiger partial charge in [-0.2, -0.15) is 0 Å². The Bertz CT molecular complexity index is 744. The highest BCUT2D eigenvalue weighted by atomic mass is 35.5. The molecule has 1 aliphatic rings. The van der Waals surface area contributed by atoms with Crippen LogP contribution in [0.1, 0.15) is 42.5 Å². The zero-order valence-corrected chi connectivity index (χ0v) is 15.6. The molecule has 0 radical (unpaired) electrons. The Labute approximate surface area is 148 Å². The van der Waals surface area contributed by atoms with E-state index >= 15 is 0 Å². The number of sulfonamides is 1. The topological polar surface area (TPSA) is 66.5 Å². The van der Waals surface area contributed by atoms with Gasteiger partial charge in [0.1, 0.15) is 0 Å². The minimum Gasteiger partial charge on any atom is -0.352 e. The van der Waals surface area contributed by atoms with Gasteiger partial charge in [-0.1, -0.05) is 23.3 Å². The number of carbonyl (C=O) groups is 1. The molecule has 0 bridgehead atoms. The minimum absolute atomic E-state index is 0.280. The summed E-state index contributed by atoms with van der Waals surface area (Å²) in [6.07, 6.45) is 8.88. The van der Waals surface area contributed by atoms with Crippen molar-refractivity contribution in [1.82, 2.24) is 5.32 Å².